The molecule has 4 N–H and O–H groups in total. The van der Waals surface area contributed by atoms with Crippen LogP contribution in [-0.2, 0) is 4.79 Å². The van der Waals surface area contributed by atoms with Crippen molar-refractivity contribution in [3.05, 3.63) is 0 Å². The molecule has 1 aliphatic heterocycles. The van der Waals surface area contributed by atoms with Crippen molar-refractivity contribution in [2.24, 2.45) is 5.73 Å². The molecule has 1 amide bonds. The van der Waals surface area contributed by atoms with Gasteiger partial charge in [0.1, 0.15) is 0 Å². The van der Waals surface area contributed by atoms with E-state index in [0.29, 0.717) is 6.04 Å². The largest absolute Gasteiger partial charge is 0.352 e. The van der Waals surface area contributed by atoms with E-state index >= 15 is 0 Å². The third-order valence-corrected chi connectivity index (χ3v) is 2.10. The first kappa shape index (κ1) is 12.7. The summed E-state index contributed by atoms with van der Waals surface area (Å²) in [7, 11) is 0. The average molecular weight is 208 g/mol. The van der Waals surface area contributed by atoms with E-state index in [1.807, 2.05) is 0 Å². The van der Waals surface area contributed by atoms with Gasteiger partial charge in [-0.3, -0.25) is 4.79 Å². The van der Waals surface area contributed by atoms with Gasteiger partial charge in [0, 0.05) is 6.04 Å². The van der Waals surface area contributed by atoms with Crippen molar-refractivity contribution in [3.63, 3.8) is 0 Å². The summed E-state index contributed by atoms with van der Waals surface area (Å²) in [5.41, 5.74) is 5.43. The molecular weight excluding hydrogens is 190 g/mol. The lowest BCUT2D eigenvalue weighted by Crippen LogP contribution is -2.47. The molecule has 1 fully saturated rings. The molecule has 0 radical (unpaired) electrons. The summed E-state index contributed by atoms with van der Waals surface area (Å²) < 4.78 is 0. The van der Waals surface area contributed by atoms with Crippen molar-refractivity contribution < 1.29 is 4.79 Å². The Kier molecular flexibility index (Phi) is 6.03. The number of piperidine rings is 1. The monoisotopic (exact) mass is 207 g/mol. The minimum atomic E-state index is -0.389. The van der Waals surface area contributed by atoms with Gasteiger partial charge in [-0.15, -0.1) is 12.4 Å². The Balaban J connectivity index is 0.00000144. The van der Waals surface area contributed by atoms with E-state index in [0.717, 1.165) is 25.9 Å². The Labute approximate surface area is 85.0 Å². The summed E-state index contributed by atoms with van der Waals surface area (Å²) in [5.74, 6) is -0.0399. The fourth-order valence-electron chi connectivity index (χ4n) is 1.30. The molecule has 0 aromatic heterocycles. The zero-order valence-electron chi connectivity index (χ0n) is 7.88. The van der Waals surface area contributed by atoms with Gasteiger partial charge < -0.3 is 16.4 Å². The number of nitrogens with one attached hydrogen (secondary N) is 2. The Bertz CT molecular complexity index is 157. The Hall–Kier alpha value is -0.320. The molecule has 0 saturated carbocycles. The third kappa shape index (κ3) is 4.45. The zero-order valence-corrected chi connectivity index (χ0v) is 8.69. The summed E-state index contributed by atoms with van der Waals surface area (Å²) in [6.45, 7) is 3.68. The van der Waals surface area contributed by atoms with Crippen molar-refractivity contribution in [2.45, 2.75) is 31.8 Å². The summed E-state index contributed by atoms with van der Waals surface area (Å²) >= 11 is 0. The standard InChI is InChI=1S/C8H17N3O.ClH/c1-6(9)8(12)11-7-2-4-10-5-3-7;/h6-7,10H,2-5,9H2,1H3,(H,11,12);1H/t6-;/m1./s1. The van der Waals surface area contributed by atoms with Crippen LogP contribution in [0.25, 0.3) is 0 Å². The number of carbonyl (C=O) groups excluding carboxylic acids is 1. The molecule has 4 nitrogen and oxygen atoms in total. The third-order valence-electron chi connectivity index (χ3n) is 2.10. The van der Waals surface area contributed by atoms with Crippen LogP contribution in [0.1, 0.15) is 19.8 Å². The highest BCUT2D eigenvalue weighted by molar-refractivity contribution is 5.85. The lowest BCUT2D eigenvalue weighted by atomic mass is 10.1. The topological polar surface area (TPSA) is 67.2 Å². The van der Waals surface area contributed by atoms with E-state index in [-0.39, 0.29) is 24.4 Å². The summed E-state index contributed by atoms with van der Waals surface area (Å²) in [6, 6.07) is -0.0652. The van der Waals surface area contributed by atoms with Crippen LogP contribution in [0.4, 0.5) is 0 Å². The van der Waals surface area contributed by atoms with Crippen LogP contribution in [0.5, 0.6) is 0 Å². The van der Waals surface area contributed by atoms with E-state index in [1.165, 1.54) is 0 Å². The lowest BCUT2D eigenvalue weighted by Gasteiger charge is -2.24. The second-order valence-corrected chi connectivity index (χ2v) is 3.32. The normalized spacial score (nSPS) is 20.2. The highest BCUT2D eigenvalue weighted by atomic mass is 35.5. The fourth-order valence-corrected chi connectivity index (χ4v) is 1.30. The number of rotatable bonds is 2. The minimum absolute atomic E-state index is 0. The quantitative estimate of drug-likeness (QED) is 0.579. The molecule has 0 aromatic carbocycles. The van der Waals surface area contributed by atoms with Crippen LogP contribution in [0.3, 0.4) is 0 Å². The van der Waals surface area contributed by atoms with Crippen molar-refractivity contribution in [3.8, 4) is 0 Å². The van der Waals surface area contributed by atoms with Gasteiger partial charge in [-0.1, -0.05) is 0 Å². The van der Waals surface area contributed by atoms with Crippen LogP contribution < -0.4 is 16.4 Å². The van der Waals surface area contributed by atoms with Gasteiger partial charge >= 0.3 is 0 Å². The van der Waals surface area contributed by atoms with Gasteiger partial charge in [0.05, 0.1) is 6.04 Å². The van der Waals surface area contributed by atoms with Gasteiger partial charge in [-0.05, 0) is 32.9 Å². The van der Waals surface area contributed by atoms with Crippen LogP contribution in [-0.4, -0.2) is 31.1 Å². The van der Waals surface area contributed by atoms with Crippen LogP contribution in [0, 0.1) is 0 Å². The number of amides is 1. The first-order valence-corrected chi connectivity index (χ1v) is 4.47. The van der Waals surface area contributed by atoms with Crippen molar-refractivity contribution in [1.29, 1.82) is 0 Å². The molecule has 1 aliphatic rings. The number of nitrogens with two attached hydrogens (primary N) is 1. The first-order valence-electron chi connectivity index (χ1n) is 4.47. The minimum Gasteiger partial charge on any atom is -0.352 e. The second kappa shape index (κ2) is 6.18. The smallest absolute Gasteiger partial charge is 0.236 e. The van der Waals surface area contributed by atoms with Gasteiger partial charge in [-0.25, -0.2) is 0 Å². The Morgan fingerprint density at radius 3 is 2.54 bits per heavy atom. The maximum absolute atomic E-state index is 11.2. The van der Waals surface area contributed by atoms with Crippen molar-refractivity contribution in [1.82, 2.24) is 10.6 Å². The lowest BCUT2D eigenvalue weighted by molar-refractivity contribution is -0.122. The van der Waals surface area contributed by atoms with Gasteiger partial charge in [0.25, 0.3) is 0 Å². The molecule has 0 bridgehead atoms. The molecule has 1 rings (SSSR count). The van der Waals surface area contributed by atoms with E-state index in [9.17, 15) is 4.79 Å². The maximum atomic E-state index is 11.2. The molecule has 13 heavy (non-hydrogen) atoms. The molecule has 0 unspecified atom stereocenters. The molecule has 5 heteroatoms. The highest BCUT2D eigenvalue weighted by Gasteiger charge is 2.16. The van der Waals surface area contributed by atoms with Gasteiger partial charge in [0.15, 0.2) is 0 Å². The maximum Gasteiger partial charge on any atom is 0.236 e. The first-order chi connectivity index (χ1) is 5.70. The number of carbonyl (C=O) groups is 1. The Morgan fingerprint density at radius 1 is 1.54 bits per heavy atom. The molecular formula is C8H18ClN3O. The molecule has 1 saturated heterocycles. The van der Waals surface area contributed by atoms with E-state index in [4.69, 9.17) is 5.73 Å². The summed E-state index contributed by atoms with van der Waals surface area (Å²) in [4.78, 5) is 11.2. The average Bonchev–Trinajstić information content (AvgIpc) is 2.06. The number of halogens is 1. The van der Waals surface area contributed by atoms with E-state index in [1.54, 1.807) is 6.92 Å². The molecule has 1 heterocycles. The second-order valence-electron chi connectivity index (χ2n) is 3.32. The Morgan fingerprint density at radius 2 is 2.08 bits per heavy atom. The fraction of sp³-hybridized carbons (Fsp3) is 0.875. The highest BCUT2D eigenvalue weighted by Crippen LogP contribution is 2.01. The zero-order chi connectivity index (χ0) is 8.97. The van der Waals surface area contributed by atoms with Gasteiger partial charge in [0.2, 0.25) is 5.91 Å². The molecule has 0 spiro atoms. The number of hydrogen-bond donors (Lipinski definition) is 3. The van der Waals surface area contributed by atoms with Crippen molar-refractivity contribution >= 4 is 18.3 Å². The summed E-state index contributed by atoms with van der Waals surface area (Å²) in [5, 5.41) is 6.15. The van der Waals surface area contributed by atoms with Crippen molar-refractivity contribution in [2.75, 3.05) is 13.1 Å². The van der Waals surface area contributed by atoms with E-state index < -0.39 is 0 Å². The van der Waals surface area contributed by atoms with Crippen LogP contribution in [0.15, 0.2) is 0 Å². The molecule has 1 atom stereocenters. The van der Waals surface area contributed by atoms with Crippen LogP contribution >= 0.6 is 12.4 Å². The van der Waals surface area contributed by atoms with Gasteiger partial charge in [-0.2, -0.15) is 0 Å². The van der Waals surface area contributed by atoms with Crippen LogP contribution in [0.2, 0.25) is 0 Å². The molecule has 0 aromatic rings. The number of hydrogen-bond acceptors (Lipinski definition) is 3. The predicted molar refractivity (Wildman–Crippen MR) is 54.9 cm³/mol. The SMILES string of the molecule is C[C@@H](N)C(=O)NC1CCNCC1.Cl. The molecule has 0 aliphatic carbocycles. The summed E-state index contributed by atoms with van der Waals surface area (Å²) in [6.07, 6.45) is 2.02. The predicted octanol–water partition coefficient (Wildman–Crippen LogP) is -0.376. The van der Waals surface area contributed by atoms with E-state index in [2.05, 4.69) is 10.6 Å². The molecule has 78 valence electrons.